The van der Waals surface area contributed by atoms with Gasteiger partial charge in [0.1, 0.15) is 0 Å². The number of carbonyl (C=O) groups is 1. The monoisotopic (exact) mass is 372 g/mol. The Morgan fingerprint density at radius 3 is 2.88 bits per heavy atom. The molecular formula is C18H21ClN6O. The van der Waals surface area contributed by atoms with Gasteiger partial charge in [0.15, 0.2) is 0 Å². The topological polar surface area (TPSA) is 76.8 Å². The van der Waals surface area contributed by atoms with Gasteiger partial charge in [0.25, 0.3) is 0 Å². The third-order valence-electron chi connectivity index (χ3n) is 4.59. The molecular weight excluding hydrogens is 352 g/mol. The summed E-state index contributed by atoms with van der Waals surface area (Å²) in [6.45, 7) is 1.46. The van der Waals surface area contributed by atoms with Crippen LogP contribution < -0.4 is 10.6 Å². The smallest absolute Gasteiger partial charge is 0.229 e. The quantitative estimate of drug-likeness (QED) is 0.734. The molecule has 2 N–H and O–H groups in total. The maximum Gasteiger partial charge on any atom is 0.229 e. The van der Waals surface area contributed by atoms with Gasteiger partial charge in [-0.1, -0.05) is 6.07 Å². The van der Waals surface area contributed by atoms with Gasteiger partial charge in [-0.2, -0.15) is 10.2 Å². The largest absolute Gasteiger partial charge is 0.326 e. The number of anilines is 1. The first kappa shape index (κ1) is 18.2. The zero-order valence-corrected chi connectivity index (χ0v) is 15.2. The summed E-state index contributed by atoms with van der Waals surface area (Å²) in [4.78, 5) is 12.8. The van der Waals surface area contributed by atoms with Crippen molar-refractivity contribution in [1.29, 1.82) is 0 Å². The zero-order chi connectivity index (χ0) is 17.2. The molecule has 3 heterocycles. The number of aromatic nitrogens is 4. The molecule has 1 aliphatic heterocycles. The summed E-state index contributed by atoms with van der Waals surface area (Å²) in [7, 11) is 1.89. The van der Waals surface area contributed by atoms with E-state index in [1.54, 1.807) is 15.6 Å². The van der Waals surface area contributed by atoms with Crippen LogP contribution >= 0.6 is 12.4 Å². The molecule has 1 saturated heterocycles. The van der Waals surface area contributed by atoms with Crippen LogP contribution in [0.5, 0.6) is 0 Å². The van der Waals surface area contributed by atoms with Gasteiger partial charge in [0.05, 0.1) is 17.8 Å². The number of carbonyl (C=O) groups excluding carboxylic acids is 1. The fourth-order valence-corrected chi connectivity index (χ4v) is 3.32. The van der Waals surface area contributed by atoms with Crippen LogP contribution in [0, 0.1) is 5.92 Å². The van der Waals surface area contributed by atoms with E-state index in [2.05, 4.69) is 20.8 Å². The first-order valence-corrected chi connectivity index (χ1v) is 8.31. The molecule has 0 spiro atoms. The Balaban J connectivity index is 0.00000196. The first-order valence-electron chi connectivity index (χ1n) is 8.31. The molecule has 26 heavy (non-hydrogen) atoms. The summed E-state index contributed by atoms with van der Waals surface area (Å²) in [5.74, 6) is 0.0528. The van der Waals surface area contributed by atoms with E-state index in [9.17, 15) is 4.79 Å². The molecule has 1 aromatic carbocycles. The van der Waals surface area contributed by atoms with E-state index in [1.807, 2.05) is 56.0 Å². The van der Waals surface area contributed by atoms with Crippen LogP contribution in [0.15, 0.2) is 55.1 Å². The molecule has 7 nitrogen and oxygen atoms in total. The number of hydrogen-bond acceptors (Lipinski definition) is 4. The number of halogens is 1. The summed E-state index contributed by atoms with van der Waals surface area (Å²) in [5.41, 5.74) is 2.78. The van der Waals surface area contributed by atoms with Crippen LogP contribution in [0.3, 0.4) is 0 Å². The van der Waals surface area contributed by atoms with Crippen molar-refractivity contribution in [2.24, 2.45) is 13.0 Å². The number of rotatable bonds is 4. The van der Waals surface area contributed by atoms with Crippen molar-refractivity contribution in [3.63, 3.8) is 0 Å². The summed E-state index contributed by atoms with van der Waals surface area (Å²) in [6.07, 6.45) is 7.43. The average molecular weight is 373 g/mol. The number of benzene rings is 1. The van der Waals surface area contributed by atoms with Crippen LogP contribution in [-0.2, 0) is 11.8 Å². The zero-order valence-electron chi connectivity index (χ0n) is 14.4. The fraction of sp³-hybridized carbons (Fsp3) is 0.278. The first-order chi connectivity index (χ1) is 12.2. The van der Waals surface area contributed by atoms with Gasteiger partial charge >= 0.3 is 0 Å². The maximum atomic E-state index is 12.8. The second-order valence-electron chi connectivity index (χ2n) is 6.31. The number of amides is 1. The second kappa shape index (κ2) is 7.72. The van der Waals surface area contributed by atoms with Crippen LogP contribution in [0.2, 0.25) is 0 Å². The molecule has 0 saturated carbocycles. The van der Waals surface area contributed by atoms with Crippen molar-refractivity contribution in [3.05, 3.63) is 60.7 Å². The summed E-state index contributed by atoms with van der Waals surface area (Å²) in [6, 6.07) is 9.56. The molecule has 2 atom stereocenters. The van der Waals surface area contributed by atoms with Gasteiger partial charge in [0, 0.05) is 50.3 Å². The SMILES string of the molecule is Cl.Cn1cc([C@H]2CNC[C@@H]2C(=O)Nc2cccc(-n3cccn3)c2)cn1. The third-order valence-corrected chi connectivity index (χ3v) is 4.59. The Morgan fingerprint density at radius 1 is 1.27 bits per heavy atom. The molecule has 4 rings (SSSR count). The van der Waals surface area contributed by atoms with E-state index in [-0.39, 0.29) is 30.2 Å². The maximum absolute atomic E-state index is 12.8. The van der Waals surface area contributed by atoms with Crippen LogP contribution in [0.25, 0.3) is 5.69 Å². The highest BCUT2D eigenvalue weighted by Gasteiger charge is 2.34. The van der Waals surface area contributed by atoms with Crippen LogP contribution in [-0.4, -0.2) is 38.6 Å². The number of nitrogens with zero attached hydrogens (tertiary/aromatic N) is 4. The molecule has 3 aromatic rings. The van der Waals surface area contributed by atoms with Gasteiger partial charge in [-0.15, -0.1) is 12.4 Å². The Hall–Kier alpha value is -2.64. The molecule has 2 aromatic heterocycles. The molecule has 0 bridgehead atoms. The lowest BCUT2D eigenvalue weighted by Crippen LogP contribution is -2.28. The summed E-state index contributed by atoms with van der Waals surface area (Å²) in [5, 5.41) is 14.8. The number of hydrogen-bond donors (Lipinski definition) is 2. The molecule has 8 heteroatoms. The highest BCUT2D eigenvalue weighted by atomic mass is 35.5. The van der Waals surface area contributed by atoms with Gasteiger partial charge in [0.2, 0.25) is 5.91 Å². The molecule has 0 radical (unpaired) electrons. The molecule has 0 unspecified atom stereocenters. The van der Waals surface area contributed by atoms with Crippen molar-refractivity contribution in [1.82, 2.24) is 24.9 Å². The van der Waals surface area contributed by atoms with Gasteiger partial charge in [-0.05, 0) is 29.8 Å². The minimum Gasteiger partial charge on any atom is -0.326 e. The Bertz CT molecular complexity index is 875. The van der Waals surface area contributed by atoms with Crippen molar-refractivity contribution in [3.8, 4) is 5.69 Å². The number of aryl methyl sites for hydroxylation is 1. The van der Waals surface area contributed by atoms with E-state index < -0.39 is 0 Å². The van der Waals surface area contributed by atoms with Gasteiger partial charge in [-0.3, -0.25) is 9.48 Å². The molecule has 136 valence electrons. The van der Waals surface area contributed by atoms with Crippen LogP contribution in [0.1, 0.15) is 11.5 Å². The summed E-state index contributed by atoms with van der Waals surface area (Å²) >= 11 is 0. The van der Waals surface area contributed by atoms with E-state index >= 15 is 0 Å². The van der Waals surface area contributed by atoms with Crippen molar-refractivity contribution < 1.29 is 4.79 Å². The highest BCUT2D eigenvalue weighted by Crippen LogP contribution is 2.29. The highest BCUT2D eigenvalue weighted by molar-refractivity contribution is 5.93. The lowest BCUT2D eigenvalue weighted by Gasteiger charge is -2.17. The second-order valence-corrected chi connectivity index (χ2v) is 6.31. The van der Waals surface area contributed by atoms with E-state index in [0.717, 1.165) is 23.5 Å². The minimum atomic E-state index is -0.113. The molecule has 1 amide bonds. The fourth-order valence-electron chi connectivity index (χ4n) is 3.32. The van der Waals surface area contributed by atoms with E-state index in [1.165, 1.54) is 0 Å². The van der Waals surface area contributed by atoms with Crippen molar-refractivity contribution in [2.45, 2.75) is 5.92 Å². The lowest BCUT2D eigenvalue weighted by molar-refractivity contribution is -0.119. The normalized spacial score (nSPS) is 19.1. The average Bonchev–Trinajstić information content (AvgIpc) is 3.36. The predicted molar refractivity (Wildman–Crippen MR) is 102 cm³/mol. The van der Waals surface area contributed by atoms with E-state index in [0.29, 0.717) is 6.54 Å². The van der Waals surface area contributed by atoms with Crippen molar-refractivity contribution in [2.75, 3.05) is 18.4 Å². The minimum absolute atomic E-state index is 0. The Kier molecular flexibility index (Phi) is 5.39. The van der Waals surface area contributed by atoms with Crippen LogP contribution in [0.4, 0.5) is 5.69 Å². The van der Waals surface area contributed by atoms with E-state index in [4.69, 9.17) is 0 Å². The van der Waals surface area contributed by atoms with Crippen molar-refractivity contribution >= 4 is 24.0 Å². The van der Waals surface area contributed by atoms with Gasteiger partial charge < -0.3 is 10.6 Å². The molecule has 1 aliphatic rings. The lowest BCUT2D eigenvalue weighted by atomic mass is 9.90. The standard InChI is InChI=1S/C18H20N6O.ClH/c1-23-12-13(9-21-23)16-10-19-11-17(16)18(25)22-14-4-2-5-15(8-14)24-7-3-6-20-24;/h2-9,12,16-17,19H,10-11H2,1H3,(H,22,25);1H/t16-,17+;/m1./s1. The van der Waals surface area contributed by atoms with Gasteiger partial charge in [-0.25, -0.2) is 4.68 Å². The third kappa shape index (κ3) is 3.63. The molecule has 0 aliphatic carbocycles. The Morgan fingerprint density at radius 2 is 2.15 bits per heavy atom. The predicted octanol–water partition coefficient (Wildman–Crippen LogP) is 1.97. The summed E-state index contributed by atoms with van der Waals surface area (Å²) < 4.78 is 3.54. The number of nitrogens with one attached hydrogen (secondary N) is 2. The Labute approximate surface area is 157 Å². The molecule has 1 fully saturated rings.